The lowest BCUT2D eigenvalue weighted by Crippen LogP contribution is -2.07. The summed E-state index contributed by atoms with van der Waals surface area (Å²) in [6, 6.07) is 3.46. The summed E-state index contributed by atoms with van der Waals surface area (Å²) >= 11 is 6.09. The second kappa shape index (κ2) is 5.40. The number of esters is 1. The molecule has 100 valence electrons. The number of carbonyl (C=O) groups excluding carboxylic acids is 1. The molecule has 0 amide bonds. The van der Waals surface area contributed by atoms with Gasteiger partial charge < -0.3 is 4.74 Å². The highest BCUT2D eigenvalue weighted by atomic mass is 35.5. The molecule has 0 fully saturated rings. The van der Waals surface area contributed by atoms with Gasteiger partial charge >= 0.3 is 5.97 Å². The summed E-state index contributed by atoms with van der Waals surface area (Å²) in [4.78, 5) is 15.5. The average molecular weight is 280 g/mol. The van der Waals surface area contributed by atoms with Gasteiger partial charge in [-0.3, -0.25) is 9.67 Å². The van der Waals surface area contributed by atoms with Crippen molar-refractivity contribution in [2.75, 3.05) is 7.11 Å². The van der Waals surface area contributed by atoms with Crippen LogP contribution in [-0.4, -0.2) is 27.8 Å². The molecule has 0 aliphatic heterocycles. The Morgan fingerprint density at radius 2 is 2.16 bits per heavy atom. The smallest absolute Gasteiger partial charge is 0.339 e. The van der Waals surface area contributed by atoms with Crippen LogP contribution >= 0.6 is 11.6 Å². The number of nitrogens with zero attached hydrogens (tertiary/aromatic N) is 3. The van der Waals surface area contributed by atoms with Gasteiger partial charge in [-0.25, -0.2) is 4.79 Å². The molecule has 5 nitrogen and oxygen atoms in total. The topological polar surface area (TPSA) is 57.0 Å². The van der Waals surface area contributed by atoms with E-state index >= 15 is 0 Å². The fourth-order valence-corrected chi connectivity index (χ4v) is 1.87. The van der Waals surface area contributed by atoms with E-state index in [0.717, 1.165) is 17.1 Å². The first-order valence-electron chi connectivity index (χ1n) is 5.75. The van der Waals surface area contributed by atoms with Crippen molar-refractivity contribution < 1.29 is 9.53 Å². The zero-order valence-electron chi connectivity index (χ0n) is 11.0. The first kappa shape index (κ1) is 13.5. The molecule has 0 saturated heterocycles. The van der Waals surface area contributed by atoms with Gasteiger partial charge in [0.05, 0.1) is 41.3 Å². The van der Waals surface area contributed by atoms with E-state index < -0.39 is 5.97 Å². The molecule has 0 bridgehead atoms. The third-order valence-corrected chi connectivity index (χ3v) is 3.40. The van der Waals surface area contributed by atoms with Crippen LogP contribution in [0.2, 0.25) is 5.02 Å². The Kier molecular flexibility index (Phi) is 3.85. The van der Waals surface area contributed by atoms with Crippen molar-refractivity contribution in [1.82, 2.24) is 14.8 Å². The van der Waals surface area contributed by atoms with Crippen LogP contribution in [0, 0.1) is 13.8 Å². The van der Waals surface area contributed by atoms with Crippen LogP contribution in [0.5, 0.6) is 0 Å². The first-order valence-corrected chi connectivity index (χ1v) is 6.13. The second-order valence-electron chi connectivity index (χ2n) is 4.17. The fourth-order valence-electron chi connectivity index (χ4n) is 1.74. The molecule has 0 saturated carbocycles. The van der Waals surface area contributed by atoms with E-state index in [4.69, 9.17) is 11.6 Å². The van der Waals surface area contributed by atoms with Gasteiger partial charge in [-0.15, -0.1) is 0 Å². The number of pyridine rings is 1. The second-order valence-corrected chi connectivity index (χ2v) is 4.55. The summed E-state index contributed by atoms with van der Waals surface area (Å²) in [5.41, 5.74) is 2.93. The normalized spacial score (nSPS) is 10.5. The molecule has 0 unspecified atom stereocenters. The number of hydrogen-bond donors (Lipinski definition) is 0. The molecule has 19 heavy (non-hydrogen) atoms. The molecule has 0 N–H and O–H groups in total. The van der Waals surface area contributed by atoms with Gasteiger partial charge in [0.2, 0.25) is 0 Å². The predicted molar refractivity (Wildman–Crippen MR) is 71.4 cm³/mol. The highest BCUT2D eigenvalue weighted by Gasteiger charge is 2.10. The number of halogens is 1. The molecule has 0 spiro atoms. The minimum atomic E-state index is -0.395. The van der Waals surface area contributed by atoms with Crippen LogP contribution < -0.4 is 0 Å². The van der Waals surface area contributed by atoms with Crippen molar-refractivity contribution in [3.05, 3.63) is 46.0 Å². The summed E-state index contributed by atoms with van der Waals surface area (Å²) in [6.07, 6.45) is 1.49. The van der Waals surface area contributed by atoms with Crippen molar-refractivity contribution in [1.29, 1.82) is 0 Å². The lowest BCUT2D eigenvalue weighted by molar-refractivity contribution is 0.0600. The van der Waals surface area contributed by atoms with Gasteiger partial charge in [0.15, 0.2) is 0 Å². The van der Waals surface area contributed by atoms with Crippen LogP contribution in [0.1, 0.15) is 27.4 Å². The zero-order chi connectivity index (χ0) is 14.0. The molecule has 2 heterocycles. The number of rotatable bonds is 3. The van der Waals surface area contributed by atoms with Crippen molar-refractivity contribution in [2.45, 2.75) is 20.4 Å². The Labute approximate surface area is 116 Å². The Morgan fingerprint density at radius 1 is 1.42 bits per heavy atom. The molecule has 0 atom stereocenters. The first-order chi connectivity index (χ1) is 9.02. The van der Waals surface area contributed by atoms with Gasteiger partial charge in [0, 0.05) is 6.20 Å². The third kappa shape index (κ3) is 2.76. The van der Waals surface area contributed by atoms with Gasteiger partial charge in [0.25, 0.3) is 0 Å². The average Bonchev–Trinajstić information content (AvgIpc) is 2.66. The molecule has 0 aliphatic carbocycles. The molecule has 2 aromatic heterocycles. The van der Waals surface area contributed by atoms with E-state index in [1.807, 2.05) is 13.8 Å². The van der Waals surface area contributed by atoms with Crippen LogP contribution in [0.4, 0.5) is 0 Å². The Balaban J connectivity index is 2.20. The molecule has 0 aromatic carbocycles. The van der Waals surface area contributed by atoms with E-state index in [9.17, 15) is 4.79 Å². The monoisotopic (exact) mass is 279 g/mol. The minimum absolute atomic E-state index is 0.395. The molecule has 6 heteroatoms. The van der Waals surface area contributed by atoms with E-state index in [-0.39, 0.29) is 0 Å². The maximum atomic E-state index is 11.3. The van der Waals surface area contributed by atoms with Crippen molar-refractivity contribution >= 4 is 17.6 Å². The molecule has 0 radical (unpaired) electrons. The van der Waals surface area contributed by atoms with E-state index in [0.29, 0.717) is 17.1 Å². The number of aromatic nitrogens is 3. The Morgan fingerprint density at radius 3 is 2.63 bits per heavy atom. The summed E-state index contributed by atoms with van der Waals surface area (Å²) in [5.74, 6) is -0.395. The van der Waals surface area contributed by atoms with Crippen LogP contribution in [0.15, 0.2) is 18.3 Å². The standard InChI is InChI=1S/C13H14ClN3O2/c1-8-12(14)9(2)17(16-8)7-11-5-4-10(6-15-11)13(18)19-3/h4-6H,7H2,1-3H3. The van der Waals surface area contributed by atoms with Crippen LogP contribution in [-0.2, 0) is 11.3 Å². The highest BCUT2D eigenvalue weighted by molar-refractivity contribution is 6.31. The number of aryl methyl sites for hydroxylation is 1. The lowest BCUT2D eigenvalue weighted by Gasteiger charge is -2.05. The Bertz CT molecular complexity index is 605. The van der Waals surface area contributed by atoms with Gasteiger partial charge in [-0.05, 0) is 26.0 Å². The predicted octanol–water partition coefficient (Wildman–Crippen LogP) is 2.38. The van der Waals surface area contributed by atoms with Gasteiger partial charge in [0.1, 0.15) is 0 Å². The summed E-state index contributed by atoms with van der Waals surface area (Å²) in [7, 11) is 1.34. The summed E-state index contributed by atoms with van der Waals surface area (Å²) in [5, 5.41) is 5.00. The van der Waals surface area contributed by atoms with Gasteiger partial charge in [-0.2, -0.15) is 5.10 Å². The van der Waals surface area contributed by atoms with E-state index in [2.05, 4.69) is 14.8 Å². The molecule has 0 aliphatic rings. The fraction of sp³-hybridized carbons (Fsp3) is 0.308. The van der Waals surface area contributed by atoms with Crippen molar-refractivity contribution in [3.8, 4) is 0 Å². The number of methoxy groups -OCH3 is 1. The number of carbonyl (C=O) groups is 1. The van der Waals surface area contributed by atoms with Gasteiger partial charge in [-0.1, -0.05) is 11.6 Å². The maximum Gasteiger partial charge on any atom is 0.339 e. The quantitative estimate of drug-likeness (QED) is 0.810. The van der Waals surface area contributed by atoms with Crippen LogP contribution in [0.25, 0.3) is 0 Å². The number of hydrogen-bond acceptors (Lipinski definition) is 4. The largest absolute Gasteiger partial charge is 0.465 e. The Hall–Kier alpha value is -1.88. The zero-order valence-corrected chi connectivity index (χ0v) is 11.7. The summed E-state index contributed by atoms with van der Waals surface area (Å²) in [6.45, 7) is 4.28. The minimum Gasteiger partial charge on any atom is -0.465 e. The lowest BCUT2D eigenvalue weighted by atomic mass is 10.2. The van der Waals surface area contributed by atoms with Crippen molar-refractivity contribution in [3.63, 3.8) is 0 Å². The SMILES string of the molecule is COC(=O)c1ccc(Cn2nc(C)c(Cl)c2C)nc1. The van der Waals surface area contributed by atoms with Crippen LogP contribution in [0.3, 0.4) is 0 Å². The summed E-state index contributed by atoms with van der Waals surface area (Å²) < 4.78 is 6.41. The van der Waals surface area contributed by atoms with E-state index in [1.54, 1.807) is 16.8 Å². The molecule has 2 rings (SSSR count). The maximum absolute atomic E-state index is 11.3. The number of ether oxygens (including phenoxy) is 1. The highest BCUT2D eigenvalue weighted by Crippen LogP contribution is 2.19. The molecule has 2 aromatic rings. The third-order valence-electron chi connectivity index (χ3n) is 2.85. The molecular formula is C13H14ClN3O2. The molecular weight excluding hydrogens is 266 g/mol. The van der Waals surface area contributed by atoms with E-state index in [1.165, 1.54) is 13.3 Å². The van der Waals surface area contributed by atoms with Crippen molar-refractivity contribution in [2.24, 2.45) is 0 Å².